The molecule has 140 valence electrons. The van der Waals surface area contributed by atoms with E-state index >= 15 is 0 Å². The first-order valence-electron chi connectivity index (χ1n) is 9.04. The van der Waals surface area contributed by atoms with Gasteiger partial charge in [0.25, 0.3) is 0 Å². The van der Waals surface area contributed by atoms with E-state index in [0.717, 1.165) is 48.6 Å². The molecule has 0 spiro atoms. The highest BCUT2D eigenvalue weighted by Crippen LogP contribution is 2.25. The third-order valence-corrected chi connectivity index (χ3v) is 4.97. The van der Waals surface area contributed by atoms with Gasteiger partial charge in [-0.25, -0.2) is 8.78 Å². The molecule has 1 atom stereocenters. The van der Waals surface area contributed by atoms with Crippen molar-refractivity contribution in [2.45, 2.75) is 13.0 Å². The quantitative estimate of drug-likeness (QED) is 0.700. The molecule has 0 aliphatic carbocycles. The number of nitrogens with zero attached hydrogens (tertiary/aromatic N) is 3. The van der Waals surface area contributed by atoms with Gasteiger partial charge in [-0.1, -0.05) is 0 Å². The van der Waals surface area contributed by atoms with Crippen molar-refractivity contribution in [2.24, 2.45) is 5.92 Å². The summed E-state index contributed by atoms with van der Waals surface area (Å²) < 4.78 is 26.5. The highest BCUT2D eigenvalue weighted by atomic mass is 19.2. The van der Waals surface area contributed by atoms with Crippen LogP contribution in [0.5, 0.6) is 0 Å². The lowest BCUT2D eigenvalue weighted by Crippen LogP contribution is -2.26. The molecule has 0 saturated carbocycles. The van der Waals surface area contributed by atoms with E-state index in [1.165, 1.54) is 12.1 Å². The van der Waals surface area contributed by atoms with Crippen LogP contribution >= 0.6 is 0 Å². The number of halogens is 2. The number of aromatic amines is 1. The molecule has 0 radical (unpaired) electrons. The summed E-state index contributed by atoms with van der Waals surface area (Å²) in [4.78, 5) is 6.25. The lowest BCUT2D eigenvalue weighted by atomic mass is 10.1. The maximum absolute atomic E-state index is 13.4. The minimum Gasteiger partial charge on any atom is -0.371 e. The maximum Gasteiger partial charge on any atom is 0.160 e. The first-order valence-corrected chi connectivity index (χ1v) is 9.04. The van der Waals surface area contributed by atoms with E-state index in [4.69, 9.17) is 0 Å². The second kappa shape index (κ2) is 7.84. The number of nitrogens with one attached hydrogen (secondary N) is 2. The Morgan fingerprint density at radius 3 is 2.93 bits per heavy atom. The van der Waals surface area contributed by atoms with Crippen LogP contribution in [0, 0.1) is 17.6 Å². The highest BCUT2D eigenvalue weighted by Gasteiger charge is 2.23. The van der Waals surface area contributed by atoms with Crippen LogP contribution < -0.4 is 10.2 Å². The van der Waals surface area contributed by atoms with E-state index in [0.29, 0.717) is 12.5 Å². The van der Waals surface area contributed by atoms with Crippen molar-refractivity contribution >= 4 is 5.69 Å². The van der Waals surface area contributed by atoms with E-state index in [-0.39, 0.29) is 0 Å². The van der Waals surface area contributed by atoms with Crippen LogP contribution in [0.3, 0.4) is 0 Å². The van der Waals surface area contributed by atoms with Gasteiger partial charge in [0.1, 0.15) is 0 Å². The molecule has 0 amide bonds. The molecule has 1 fully saturated rings. The molecule has 3 heterocycles. The molecule has 2 aromatic heterocycles. The Hall–Kier alpha value is -2.80. The molecule has 5 nitrogen and oxygen atoms in total. The summed E-state index contributed by atoms with van der Waals surface area (Å²) in [6, 6.07) is 8.01. The summed E-state index contributed by atoms with van der Waals surface area (Å²) in [7, 11) is 0. The van der Waals surface area contributed by atoms with Crippen LogP contribution in [-0.4, -0.2) is 34.8 Å². The number of anilines is 1. The minimum absolute atomic E-state index is 0.465. The summed E-state index contributed by atoms with van der Waals surface area (Å²) in [5.74, 6) is -1.13. The van der Waals surface area contributed by atoms with Crippen LogP contribution in [0.4, 0.5) is 14.5 Å². The molecular weight excluding hydrogens is 348 g/mol. The van der Waals surface area contributed by atoms with E-state index < -0.39 is 11.6 Å². The highest BCUT2D eigenvalue weighted by molar-refractivity contribution is 5.61. The number of benzene rings is 1. The van der Waals surface area contributed by atoms with Crippen LogP contribution in [0.2, 0.25) is 0 Å². The van der Waals surface area contributed by atoms with E-state index in [2.05, 4.69) is 25.4 Å². The van der Waals surface area contributed by atoms with Crippen molar-refractivity contribution in [3.05, 3.63) is 66.1 Å². The van der Waals surface area contributed by atoms with E-state index in [9.17, 15) is 8.78 Å². The Bertz CT molecular complexity index is 896. The Morgan fingerprint density at radius 2 is 2.11 bits per heavy atom. The molecule has 2 N–H and O–H groups in total. The van der Waals surface area contributed by atoms with Crippen molar-refractivity contribution in [3.63, 3.8) is 0 Å². The fourth-order valence-corrected chi connectivity index (χ4v) is 3.53. The number of aromatic nitrogens is 3. The molecule has 1 unspecified atom stereocenters. The monoisotopic (exact) mass is 369 g/mol. The predicted octanol–water partition coefficient (Wildman–Crippen LogP) is 3.37. The fraction of sp³-hybridized carbons (Fsp3) is 0.300. The Balaban J connectivity index is 1.31. The van der Waals surface area contributed by atoms with Gasteiger partial charge in [-0.05, 0) is 36.6 Å². The average Bonchev–Trinajstić information content (AvgIpc) is 3.34. The summed E-state index contributed by atoms with van der Waals surface area (Å²) in [6.45, 7) is 3.25. The molecule has 0 bridgehead atoms. The van der Waals surface area contributed by atoms with Crippen molar-refractivity contribution in [2.75, 3.05) is 24.5 Å². The number of H-pyrrole nitrogens is 1. The van der Waals surface area contributed by atoms with Crippen molar-refractivity contribution < 1.29 is 8.78 Å². The molecule has 1 aliphatic heterocycles. The molecule has 1 saturated heterocycles. The molecule has 1 aromatic carbocycles. The van der Waals surface area contributed by atoms with Gasteiger partial charge in [0.15, 0.2) is 11.6 Å². The minimum atomic E-state index is -0.805. The van der Waals surface area contributed by atoms with Crippen LogP contribution in [0.1, 0.15) is 12.0 Å². The Kier molecular flexibility index (Phi) is 5.11. The smallest absolute Gasteiger partial charge is 0.160 e. The molecule has 1 aliphatic rings. The SMILES string of the molecule is Fc1ccc(N2CCC(CNCc3cn[nH]c3-c3cccnc3)C2)cc1F. The van der Waals surface area contributed by atoms with Gasteiger partial charge in [-0.15, -0.1) is 0 Å². The van der Waals surface area contributed by atoms with E-state index in [1.54, 1.807) is 12.3 Å². The lowest BCUT2D eigenvalue weighted by molar-refractivity contribution is 0.507. The lowest BCUT2D eigenvalue weighted by Gasteiger charge is -2.19. The largest absolute Gasteiger partial charge is 0.371 e. The zero-order valence-electron chi connectivity index (χ0n) is 14.8. The van der Waals surface area contributed by atoms with Gasteiger partial charge in [0, 0.05) is 61.5 Å². The second-order valence-corrected chi connectivity index (χ2v) is 6.84. The summed E-state index contributed by atoms with van der Waals surface area (Å²) >= 11 is 0. The van der Waals surface area contributed by atoms with Gasteiger partial charge in [-0.2, -0.15) is 5.10 Å². The van der Waals surface area contributed by atoms with Crippen molar-refractivity contribution in [1.82, 2.24) is 20.5 Å². The van der Waals surface area contributed by atoms with Gasteiger partial charge >= 0.3 is 0 Å². The third-order valence-electron chi connectivity index (χ3n) is 4.97. The van der Waals surface area contributed by atoms with Gasteiger partial charge in [0.05, 0.1) is 11.9 Å². The molecular formula is C20H21F2N5. The topological polar surface area (TPSA) is 56.8 Å². The number of hydrogen-bond acceptors (Lipinski definition) is 4. The summed E-state index contributed by atoms with van der Waals surface area (Å²) in [5, 5.41) is 10.7. The first kappa shape index (κ1) is 17.6. The predicted molar refractivity (Wildman–Crippen MR) is 100 cm³/mol. The van der Waals surface area contributed by atoms with Crippen molar-refractivity contribution in [1.29, 1.82) is 0 Å². The average molecular weight is 369 g/mol. The third kappa shape index (κ3) is 3.98. The van der Waals surface area contributed by atoms with Gasteiger partial charge in [-0.3, -0.25) is 10.1 Å². The van der Waals surface area contributed by atoms with Crippen LogP contribution in [0.15, 0.2) is 48.9 Å². The van der Waals surface area contributed by atoms with Crippen LogP contribution in [0.25, 0.3) is 11.3 Å². The normalized spacial score (nSPS) is 16.8. The Morgan fingerprint density at radius 1 is 1.19 bits per heavy atom. The van der Waals surface area contributed by atoms with Crippen molar-refractivity contribution in [3.8, 4) is 11.3 Å². The standard InChI is InChI=1S/C20H21F2N5/c21-18-4-3-17(8-19(18)22)27-7-5-14(13-27)9-24-11-16-12-25-26-20(16)15-2-1-6-23-10-15/h1-4,6,8,10,12,14,24H,5,7,9,11,13H2,(H,25,26). The summed E-state index contributed by atoms with van der Waals surface area (Å²) in [5.41, 5.74) is 3.83. The number of hydrogen-bond donors (Lipinski definition) is 2. The fourth-order valence-electron chi connectivity index (χ4n) is 3.53. The zero-order valence-corrected chi connectivity index (χ0v) is 14.8. The van der Waals surface area contributed by atoms with Crippen LogP contribution in [-0.2, 0) is 6.54 Å². The van der Waals surface area contributed by atoms with Gasteiger partial charge < -0.3 is 10.2 Å². The Labute approximate surface area is 156 Å². The maximum atomic E-state index is 13.4. The molecule has 4 rings (SSSR count). The second-order valence-electron chi connectivity index (χ2n) is 6.84. The molecule has 3 aromatic rings. The van der Waals surface area contributed by atoms with Gasteiger partial charge in [0.2, 0.25) is 0 Å². The van der Waals surface area contributed by atoms with E-state index in [1.807, 2.05) is 24.5 Å². The number of pyridine rings is 1. The summed E-state index contributed by atoms with van der Waals surface area (Å²) in [6.07, 6.45) is 6.41. The zero-order chi connectivity index (χ0) is 18.6. The molecule has 7 heteroatoms. The first-order chi connectivity index (χ1) is 13.2. The molecule has 27 heavy (non-hydrogen) atoms. The number of rotatable bonds is 6.